The number of piperidine rings is 1. The van der Waals surface area contributed by atoms with Crippen molar-refractivity contribution < 1.29 is 14.3 Å². The molecule has 2 amide bonds. The highest BCUT2D eigenvalue weighted by molar-refractivity contribution is 6.30. The molecule has 1 fully saturated rings. The molecule has 0 radical (unpaired) electrons. The molecule has 160 valence electrons. The van der Waals surface area contributed by atoms with Crippen LogP contribution in [-0.4, -0.2) is 36.1 Å². The van der Waals surface area contributed by atoms with Crippen molar-refractivity contribution in [2.75, 3.05) is 13.1 Å². The molecule has 2 aromatic carbocycles. The largest absolute Gasteiger partial charge is 0.447 e. The Labute approximate surface area is 183 Å². The number of carbonyl (C=O) groups excluding carboxylic acids is 2. The minimum atomic E-state index is -0.237. The van der Waals surface area contributed by atoms with E-state index in [4.69, 9.17) is 16.3 Å². The lowest BCUT2D eigenvalue weighted by Gasteiger charge is -2.33. The van der Waals surface area contributed by atoms with Gasteiger partial charge in [0.2, 0.25) is 0 Å². The molecular weight excluding hydrogens is 400 g/mol. The van der Waals surface area contributed by atoms with Crippen molar-refractivity contribution >= 4 is 23.6 Å². The third kappa shape index (κ3) is 6.23. The second-order valence-electron chi connectivity index (χ2n) is 8.04. The van der Waals surface area contributed by atoms with E-state index in [0.717, 1.165) is 24.8 Å². The number of nitrogens with one attached hydrogen (secondary N) is 1. The van der Waals surface area contributed by atoms with Gasteiger partial charge in [-0.25, -0.2) is 4.79 Å². The minimum Gasteiger partial charge on any atom is -0.447 e. The number of carbonyl (C=O) groups is 2. The fraction of sp³-hybridized carbons (Fsp3) is 0.417. The summed E-state index contributed by atoms with van der Waals surface area (Å²) in [6, 6.07) is 16.9. The smallest absolute Gasteiger partial charge is 0.410 e. The summed E-state index contributed by atoms with van der Waals surface area (Å²) in [4.78, 5) is 26.7. The van der Waals surface area contributed by atoms with E-state index in [1.54, 1.807) is 29.2 Å². The molecule has 1 atom stereocenters. The van der Waals surface area contributed by atoms with Crippen LogP contribution in [0.4, 0.5) is 4.79 Å². The Hall–Kier alpha value is -2.53. The molecule has 0 aliphatic carbocycles. The van der Waals surface area contributed by atoms with Crippen LogP contribution in [0, 0.1) is 5.92 Å². The number of amides is 2. The predicted octanol–water partition coefficient (Wildman–Crippen LogP) is 5.46. The fourth-order valence-electron chi connectivity index (χ4n) is 3.77. The Morgan fingerprint density at radius 2 is 1.70 bits per heavy atom. The summed E-state index contributed by atoms with van der Waals surface area (Å²) in [5, 5.41) is 3.79. The van der Waals surface area contributed by atoms with E-state index in [1.165, 1.54) is 0 Å². The first-order valence-electron chi connectivity index (χ1n) is 10.5. The number of nitrogens with zero attached hydrogens (tertiary/aromatic N) is 1. The molecule has 0 aromatic heterocycles. The highest BCUT2D eigenvalue weighted by Crippen LogP contribution is 2.29. The minimum absolute atomic E-state index is 0.0893. The zero-order valence-corrected chi connectivity index (χ0v) is 18.3. The molecule has 1 heterocycles. The Morgan fingerprint density at radius 1 is 1.07 bits per heavy atom. The Balaban J connectivity index is 1.63. The van der Waals surface area contributed by atoms with Gasteiger partial charge in [-0.05, 0) is 68.9 Å². The molecule has 30 heavy (non-hydrogen) atoms. The zero-order valence-electron chi connectivity index (χ0n) is 17.5. The van der Waals surface area contributed by atoms with Crippen LogP contribution >= 0.6 is 11.6 Å². The lowest BCUT2D eigenvalue weighted by molar-refractivity contribution is 0.0639. The number of halogens is 1. The number of ether oxygens (including phenoxy) is 1. The predicted molar refractivity (Wildman–Crippen MR) is 119 cm³/mol. The SMILES string of the molecule is CC(C)OC(=O)N1CCC(CC(NC(=O)c2ccc(Cl)cc2)c2ccccc2)CC1. The highest BCUT2D eigenvalue weighted by Gasteiger charge is 2.27. The maximum atomic E-state index is 12.8. The molecule has 0 saturated carbocycles. The van der Waals surface area contributed by atoms with Crippen molar-refractivity contribution in [1.82, 2.24) is 10.2 Å². The third-order valence-corrected chi connectivity index (χ3v) is 5.64. The number of hydrogen-bond donors (Lipinski definition) is 1. The molecule has 0 spiro atoms. The number of benzene rings is 2. The molecule has 3 rings (SSSR count). The summed E-state index contributed by atoms with van der Waals surface area (Å²) in [5.41, 5.74) is 1.67. The monoisotopic (exact) mass is 428 g/mol. The van der Waals surface area contributed by atoms with Gasteiger partial charge in [-0.1, -0.05) is 41.9 Å². The van der Waals surface area contributed by atoms with Crippen LogP contribution in [0.1, 0.15) is 55.1 Å². The lowest BCUT2D eigenvalue weighted by atomic mass is 9.87. The van der Waals surface area contributed by atoms with Crippen LogP contribution in [0.5, 0.6) is 0 Å². The van der Waals surface area contributed by atoms with Crippen molar-refractivity contribution in [3.8, 4) is 0 Å². The van der Waals surface area contributed by atoms with Gasteiger partial charge in [0, 0.05) is 23.7 Å². The van der Waals surface area contributed by atoms with Gasteiger partial charge in [0.05, 0.1) is 12.1 Å². The van der Waals surface area contributed by atoms with E-state index in [-0.39, 0.29) is 24.1 Å². The van der Waals surface area contributed by atoms with Gasteiger partial charge in [0.25, 0.3) is 5.91 Å². The van der Waals surface area contributed by atoms with Gasteiger partial charge in [-0.15, -0.1) is 0 Å². The molecule has 2 aromatic rings. The summed E-state index contributed by atoms with van der Waals surface area (Å²) in [5.74, 6) is 0.308. The first-order chi connectivity index (χ1) is 14.4. The molecule has 5 nitrogen and oxygen atoms in total. The fourth-order valence-corrected chi connectivity index (χ4v) is 3.89. The summed E-state index contributed by atoms with van der Waals surface area (Å²) in [6.45, 7) is 5.09. The van der Waals surface area contributed by atoms with Crippen molar-refractivity contribution in [3.05, 3.63) is 70.7 Å². The van der Waals surface area contributed by atoms with Crippen LogP contribution in [0.2, 0.25) is 5.02 Å². The molecule has 1 N–H and O–H groups in total. The normalized spacial score (nSPS) is 15.7. The van der Waals surface area contributed by atoms with Crippen LogP contribution in [0.3, 0.4) is 0 Å². The first kappa shape index (κ1) is 22.2. The number of rotatable bonds is 6. The maximum Gasteiger partial charge on any atom is 0.410 e. The van der Waals surface area contributed by atoms with Gasteiger partial charge < -0.3 is 15.0 Å². The van der Waals surface area contributed by atoms with Crippen molar-refractivity contribution in [2.45, 2.75) is 45.3 Å². The standard InChI is InChI=1S/C24H29ClN2O3/c1-17(2)30-24(29)27-14-12-18(13-15-27)16-22(19-6-4-3-5-7-19)26-23(28)20-8-10-21(25)11-9-20/h3-11,17-18,22H,12-16H2,1-2H3,(H,26,28). The molecule has 0 bridgehead atoms. The van der Waals surface area contributed by atoms with E-state index in [2.05, 4.69) is 5.32 Å². The van der Waals surface area contributed by atoms with Gasteiger partial charge >= 0.3 is 6.09 Å². The van der Waals surface area contributed by atoms with Crippen LogP contribution in [0.15, 0.2) is 54.6 Å². The first-order valence-corrected chi connectivity index (χ1v) is 10.9. The van der Waals surface area contributed by atoms with E-state index in [0.29, 0.717) is 29.6 Å². The van der Waals surface area contributed by atoms with Gasteiger partial charge in [0.15, 0.2) is 0 Å². The summed E-state index contributed by atoms with van der Waals surface area (Å²) >= 11 is 5.94. The molecule has 1 saturated heterocycles. The Morgan fingerprint density at radius 3 is 2.30 bits per heavy atom. The summed E-state index contributed by atoms with van der Waals surface area (Å²) in [7, 11) is 0. The number of hydrogen-bond acceptors (Lipinski definition) is 3. The van der Waals surface area contributed by atoms with E-state index >= 15 is 0 Å². The third-order valence-electron chi connectivity index (χ3n) is 5.39. The van der Waals surface area contributed by atoms with Crippen LogP contribution in [-0.2, 0) is 4.74 Å². The van der Waals surface area contributed by atoms with Crippen molar-refractivity contribution in [3.63, 3.8) is 0 Å². The topological polar surface area (TPSA) is 58.6 Å². The van der Waals surface area contributed by atoms with E-state index in [1.807, 2.05) is 44.2 Å². The summed E-state index contributed by atoms with van der Waals surface area (Å²) in [6.07, 6.45) is 2.27. The van der Waals surface area contributed by atoms with E-state index < -0.39 is 0 Å². The highest BCUT2D eigenvalue weighted by atomic mass is 35.5. The molecule has 1 aliphatic rings. The average molecular weight is 429 g/mol. The van der Waals surface area contributed by atoms with Crippen molar-refractivity contribution in [1.29, 1.82) is 0 Å². The van der Waals surface area contributed by atoms with Crippen molar-refractivity contribution in [2.24, 2.45) is 5.92 Å². The average Bonchev–Trinajstić information content (AvgIpc) is 2.74. The van der Waals surface area contributed by atoms with Gasteiger partial charge in [0.1, 0.15) is 0 Å². The van der Waals surface area contributed by atoms with Crippen LogP contribution in [0.25, 0.3) is 0 Å². The lowest BCUT2D eigenvalue weighted by Crippen LogP contribution is -2.40. The Bertz CT molecular complexity index is 831. The molecule has 1 aliphatic heterocycles. The van der Waals surface area contributed by atoms with E-state index in [9.17, 15) is 9.59 Å². The second kappa shape index (κ2) is 10.5. The molecular formula is C24H29ClN2O3. The van der Waals surface area contributed by atoms with Gasteiger partial charge in [-0.3, -0.25) is 4.79 Å². The molecule has 6 heteroatoms. The van der Waals surface area contributed by atoms with Gasteiger partial charge in [-0.2, -0.15) is 0 Å². The second-order valence-corrected chi connectivity index (χ2v) is 8.48. The quantitative estimate of drug-likeness (QED) is 0.664. The number of likely N-dealkylation sites (tertiary alicyclic amines) is 1. The maximum absolute atomic E-state index is 12.8. The summed E-state index contributed by atoms with van der Waals surface area (Å²) < 4.78 is 5.31. The van der Waals surface area contributed by atoms with Crippen LogP contribution < -0.4 is 5.32 Å². The Kier molecular flexibility index (Phi) is 7.75. The molecule has 1 unspecified atom stereocenters. The zero-order chi connectivity index (χ0) is 21.5.